The zero-order chi connectivity index (χ0) is 23.5. The summed E-state index contributed by atoms with van der Waals surface area (Å²) in [5, 5.41) is 4.92. The van der Waals surface area contributed by atoms with E-state index in [9.17, 15) is 14.0 Å². The van der Waals surface area contributed by atoms with Gasteiger partial charge in [0.15, 0.2) is 0 Å². The summed E-state index contributed by atoms with van der Waals surface area (Å²) in [7, 11) is 0. The third-order valence-electron chi connectivity index (χ3n) is 6.20. The first kappa shape index (κ1) is 21.6. The molecule has 0 aliphatic carbocycles. The lowest BCUT2D eigenvalue weighted by Crippen LogP contribution is -2.49. The number of hydrogen-bond acceptors (Lipinski definition) is 3. The minimum absolute atomic E-state index is 0.113. The number of hydrogen-bond donors (Lipinski definition) is 1. The molecule has 0 radical (unpaired) electrons. The molecule has 5 nitrogen and oxygen atoms in total. The molecule has 6 heteroatoms. The number of anilines is 2. The summed E-state index contributed by atoms with van der Waals surface area (Å²) in [4.78, 5) is 29.4. The lowest BCUT2D eigenvalue weighted by molar-refractivity contribution is 0.0742. The monoisotopic (exact) mass is 453 g/mol. The van der Waals surface area contributed by atoms with Crippen LogP contribution in [0.15, 0.2) is 91.0 Å². The number of carbonyl (C=O) groups is 2. The number of carbonyl (C=O) groups excluding carboxylic acids is 2. The van der Waals surface area contributed by atoms with Crippen LogP contribution in [-0.4, -0.2) is 42.9 Å². The first-order valence-corrected chi connectivity index (χ1v) is 11.3. The van der Waals surface area contributed by atoms with Crippen LogP contribution in [0, 0.1) is 5.82 Å². The van der Waals surface area contributed by atoms with Crippen LogP contribution < -0.4 is 10.2 Å². The van der Waals surface area contributed by atoms with Crippen LogP contribution in [0.1, 0.15) is 20.7 Å². The number of amides is 2. The number of benzene rings is 4. The van der Waals surface area contributed by atoms with E-state index >= 15 is 0 Å². The van der Waals surface area contributed by atoms with Gasteiger partial charge < -0.3 is 15.1 Å². The van der Waals surface area contributed by atoms with Gasteiger partial charge in [-0.05, 0) is 53.2 Å². The van der Waals surface area contributed by atoms with E-state index in [1.165, 1.54) is 12.1 Å². The van der Waals surface area contributed by atoms with E-state index in [0.717, 1.165) is 22.1 Å². The van der Waals surface area contributed by atoms with Crippen LogP contribution in [-0.2, 0) is 0 Å². The smallest absolute Gasteiger partial charge is 0.256 e. The van der Waals surface area contributed by atoms with Crippen LogP contribution in [0.25, 0.3) is 10.8 Å². The van der Waals surface area contributed by atoms with E-state index in [4.69, 9.17) is 0 Å². The molecule has 1 fully saturated rings. The van der Waals surface area contributed by atoms with Gasteiger partial charge in [0, 0.05) is 43.1 Å². The number of halogens is 1. The second kappa shape index (κ2) is 9.35. The number of nitrogens with zero attached hydrogens (tertiary/aromatic N) is 2. The van der Waals surface area contributed by atoms with Crippen molar-refractivity contribution in [2.24, 2.45) is 0 Å². The van der Waals surface area contributed by atoms with Gasteiger partial charge in [-0.25, -0.2) is 4.39 Å². The molecule has 1 aliphatic heterocycles. The molecule has 4 aromatic rings. The van der Waals surface area contributed by atoms with Crippen LogP contribution in [0.4, 0.5) is 15.8 Å². The van der Waals surface area contributed by atoms with Gasteiger partial charge in [-0.1, -0.05) is 48.5 Å². The van der Waals surface area contributed by atoms with E-state index in [-0.39, 0.29) is 17.4 Å². The first-order valence-electron chi connectivity index (χ1n) is 11.3. The molecule has 1 heterocycles. The molecular formula is C28H24FN3O2. The minimum atomic E-state index is -0.490. The van der Waals surface area contributed by atoms with Gasteiger partial charge in [0.1, 0.15) is 5.82 Å². The molecule has 0 saturated carbocycles. The third kappa shape index (κ3) is 4.35. The van der Waals surface area contributed by atoms with Gasteiger partial charge in [0.2, 0.25) is 0 Å². The van der Waals surface area contributed by atoms with Crippen molar-refractivity contribution >= 4 is 34.0 Å². The average molecular weight is 454 g/mol. The van der Waals surface area contributed by atoms with Crippen LogP contribution >= 0.6 is 0 Å². The Balaban J connectivity index is 1.22. The Morgan fingerprint density at radius 1 is 0.706 bits per heavy atom. The van der Waals surface area contributed by atoms with Crippen molar-refractivity contribution in [3.8, 4) is 0 Å². The quantitative estimate of drug-likeness (QED) is 0.463. The van der Waals surface area contributed by atoms with Crippen molar-refractivity contribution in [1.29, 1.82) is 0 Å². The molecule has 1 N–H and O–H groups in total. The van der Waals surface area contributed by atoms with Gasteiger partial charge in [0.25, 0.3) is 11.8 Å². The highest BCUT2D eigenvalue weighted by Crippen LogP contribution is 2.23. The summed E-state index contributed by atoms with van der Waals surface area (Å²) in [5.74, 6) is -0.912. The van der Waals surface area contributed by atoms with Gasteiger partial charge in [-0.2, -0.15) is 0 Å². The Bertz CT molecular complexity index is 1340. The summed E-state index contributed by atoms with van der Waals surface area (Å²) >= 11 is 0. The van der Waals surface area contributed by atoms with Gasteiger partial charge in [-0.3, -0.25) is 9.59 Å². The average Bonchev–Trinajstić information content (AvgIpc) is 2.89. The molecule has 0 spiro atoms. The Hall–Kier alpha value is -4.19. The molecule has 1 aliphatic rings. The molecule has 0 bridgehead atoms. The lowest BCUT2D eigenvalue weighted by Gasteiger charge is -2.36. The fourth-order valence-corrected chi connectivity index (χ4v) is 4.35. The zero-order valence-electron chi connectivity index (χ0n) is 18.6. The second-order valence-corrected chi connectivity index (χ2v) is 8.29. The Morgan fingerprint density at radius 3 is 2.12 bits per heavy atom. The third-order valence-corrected chi connectivity index (χ3v) is 6.20. The Labute approximate surface area is 197 Å². The molecular weight excluding hydrogens is 429 g/mol. The normalized spacial score (nSPS) is 13.7. The summed E-state index contributed by atoms with van der Waals surface area (Å²) in [6.07, 6.45) is 0. The second-order valence-electron chi connectivity index (χ2n) is 8.29. The summed E-state index contributed by atoms with van der Waals surface area (Å²) in [5.41, 5.74) is 2.48. The number of nitrogens with one attached hydrogen (secondary N) is 1. The maximum atomic E-state index is 14.0. The first-order chi connectivity index (χ1) is 16.6. The topological polar surface area (TPSA) is 52.7 Å². The Morgan fingerprint density at radius 2 is 1.35 bits per heavy atom. The van der Waals surface area contributed by atoms with Crippen LogP contribution in [0.2, 0.25) is 0 Å². The maximum absolute atomic E-state index is 14.0. The number of rotatable bonds is 4. The molecule has 1 saturated heterocycles. The maximum Gasteiger partial charge on any atom is 0.256 e. The van der Waals surface area contributed by atoms with Gasteiger partial charge in [0.05, 0.1) is 5.56 Å². The summed E-state index contributed by atoms with van der Waals surface area (Å²) < 4.78 is 14.0. The van der Waals surface area contributed by atoms with E-state index in [2.05, 4.69) is 10.2 Å². The van der Waals surface area contributed by atoms with Crippen LogP contribution in [0.5, 0.6) is 0 Å². The van der Waals surface area contributed by atoms with Crippen molar-refractivity contribution in [3.63, 3.8) is 0 Å². The van der Waals surface area contributed by atoms with E-state index in [0.29, 0.717) is 31.7 Å². The molecule has 4 aromatic carbocycles. The SMILES string of the molecule is O=C(Nc1ccc(N2CCN(C(=O)c3ccccc3F)CC2)cc1)c1cccc2ccccc12. The standard InChI is InChI=1S/C28H24FN3O2/c29-26-11-4-3-9-25(26)28(34)32-18-16-31(17-19-32)22-14-12-21(13-15-22)30-27(33)24-10-5-7-20-6-1-2-8-23(20)24/h1-15H,16-19H2,(H,30,33). The predicted molar refractivity (Wildman–Crippen MR) is 133 cm³/mol. The molecule has 0 unspecified atom stereocenters. The molecule has 170 valence electrons. The lowest BCUT2D eigenvalue weighted by atomic mass is 10.0. The van der Waals surface area contributed by atoms with Gasteiger partial charge >= 0.3 is 0 Å². The fourth-order valence-electron chi connectivity index (χ4n) is 4.35. The van der Waals surface area contributed by atoms with Crippen molar-refractivity contribution in [2.75, 3.05) is 36.4 Å². The highest BCUT2D eigenvalue weighted by Gasteiger charge is 2.24. The highest BCUT2D eigenvalue weighted by molar-refractivity contribution is 6.12. The summed E-state index contributed by atoms with van der Waals surface area (Å²) in [6.45, 7) is 2.35. The van der Waals surface area contributed by atoms with Gasteiger partial charge in [-0.15, -0.1) is 0 Å². The fraction of sp³-hybridized carbons (Fsp3) is 0.143. The van der Waals surface area contributed by atoms with Crippen molar-refractivity contribution < 1.29 is 14.0 Å². The molecule has 2 amide bonds. The van der Waals surface area contributed by atoms with Crippen molar-refractivity contribution in [1.82, 2.24) is 4.90 Å². The van der Waals surface area contributed by atoms with E-state index in [1.807, 2.05) is 66.7 Å². The number of fused-ring (bicyclic) bond motifs is 1. The summed E-state index contributed by atoms with van der Waals surface area (Å²) in [6, 6.07) is 27.3. The van der Waals surface area contributed by atoms with Crippen molar-refractivity contribution in [2.45, 2.75) is 0 Å². The molecule has 0 aromatic heterocycles. The largest absolute Gasteiger partial charge is 0.368 e. The predicted octanol–water partition coefficient (Wildman–Crippen LogP) is 5.19. The number of piperazine rings is 1. The highest BCUT2D eigenvalue weighted by atomic mass is 19.1. The van der Waals surface area contributed by atoms with Crippen molar-refractivity contribution in [3.05, 3.63) is 108 Å². The minimum Gasteiger partial charge on any atom is -0.368 e. The van der Waals surface area contributed by atoms with E-state index in [1.54, 1.807) is 17.0 Å². The Kier molecular flexibility index (Phi) is 5.95. The van der Waals surface area contributed by atoms with Crippen LogP contribution in [0.3, 0.4) is 0 Å². The molecule has 5 rings (SSSR count). The molecule has 34 heavy (non-hydrogen) atoms. The molecule has 0 atom stereocenters. The zero-order valence-corrected chi connectivity index (χ0v) is 18.6. The van der Waals surface area contributed by atoms with E-state index < -0.39 is 5.82 Å².